The van der Waals surface area contributed by atoms with E-state index >= 15 is 0 Å². The van der Waals surface area contributed by atoms with E-state index in [1.165, 1.54) is 11.1 Å². The van der Waals surface area contributed by atoms with Crippen LogP contribution in [0.1, 0.15) is 54.1 Å². The molecule has 2 amide bonds. The molecule has 2 heterocycles. The second-order valence-electron chi connectivity index (χ2n) is 12.2. The summed E-state index contributed by atoms with van der Waals surface area (Å²) in [6.07, 6.45) is 8.84. The minimum Gasteiger partial charge on any atom is -0.490 e. The Kier molecular flexibility index (Phi) is 7.57. The molecule has 4 aliphatic rings. The Morgan fingerprint density at radius 3 is 2.73 bits per heavy atom. The van der Waals surface area contributed by atoms with Gasteiger partial charge in [-0.1, -0.05) is 29.8 Å². The van der Waals surface area contributed by atoms with E-state index in [9.17, 15) is 13.8 Å². The van der Waals surface area contributed by atoms with Crippen LogP contribution in [0.4, 0.5) is 5.69 Å². The summed E-state index contributed by atoms with van der Waals surface area (Å²) in [5.74, 6) is 5.06. The third-order valence-electron chi connectivity index (χ3n) is 9.37. The molecule has 9 heteroatoms. The number of hydrogen-bond donors (Lipinski definition) is 1. The number of carbonyl (C=O) groups is 2. The standard InChI is InChI=1S/C32H38ClN3O4S/c1-22(37)35-14-3-4-15-41(2,39)34-31(38)24-9-12-30-29(17-24)36(19-26-8-7-25(26)18-35)20-32(21-40-30)13-5-6-23-16-27(33)10-11-28(23)32/h3-4,9-12,16-17,25-26H,2,5-8,13-15,18-21H2,1H3,(H,34,38,39)/b4-3-/t25-,26-,32-,41?/m0/s1. The Bertz CT molecular complexity index is 1510. The molecule has 2 aromatic carbocycles. The molecule has 1 fully saturated rings. The number of fused-ring (bicyclic) bond motifs is 4. The highest BCUT2D eigenvalue weighted by Crippen LogP contribution is 2.46. The van der Waals surface area contributed by atoms with Crippen LogP contribution in [-0.4, -0.2) is 65.3 Å². The van der Waals surface area contributed by atoms with Crippen molar-refractivity contribution >= 4 is 44.7 Å². The lowest BCUT2D eigenvalue weighted by Crippen LogP contribution is -2.50. The van der Waals surface area contributed by atoms with Crippen molar-refractivity contribution in [2.24, 2.45) is 11.8 Å². The number of anilines is 1. The van der Waals surface area contributed by atoms with Gasteiger partial charge < -0.3 is 14.5 Å². The molecule has 2 aliphatic heterocycles. The van der Waals surface area contributed by atoms with Crippen molar-refractivity contribution in [2.45, 2.75) is 44.4 Å². The van der Waals surface area contributed by atoms with Crippen LogP contribution in [0.5, 0.6) is 5.75 Å². The SMILES string of the molecule is C=S1(=O)C/C=C\CN(C(C)=O)C[C@@H]2CC[C@H]2CN2C[C@@]3(CCCc4cc(Cl)ccc43)COc3ccc(cc32)C(=O)N1. The summed E-state index contributed by atoms with van der Waals surface area (Å²) in [5.41, 5.74) is 3.68. The second-order valence-corrected chi connectivity index (χ2v) is 14.8. The fourth-order valence-corrected chi connectivity index (χ4v) is 8.15. The van der Waals surface area contributed by atoms with Gasteiger partial charge in [0.1, 0.15) is 5.75 Å². The quantitative estimate of drug-likeness (QED) is 0.355. The first kappa shape index (κ1) is 28.2. The van der Waals surface area contributed by atoms with E-state index in [4.69, 9.17) is 16.3 Å². The molecule has 2 aliphatic carbocycles. The molecule has 0 saturated heterocycles. The third kappa shape index (κ3) is 5.73. The molecular formula is C32H38ClN3O4S. The number of ether oxygens (including phenoxy) is 1. The number of amides is 2. The maximum absolute atomic E-state index is 13.3. The lowest BCUT2D eigenvalue weighted by molar-refractivity contribution is -0.129. The van der Waals surface area contributed by atoms with Gasteiger partial charge in [0.2, 0.25) is 5.91 Å². The van der Waals surface area contributed by atoms with E-state index in [0.717, 1.165) is 61.7 Å². The number of carbonyl (C=O) groups excluding carboxylic acids is 2. The number of halogens is 1. The predicted octanol–water partition coefficient (Wildman–Crippen LogP) is 4.62. The highest BCUT2D eigenvalue weighted by Gasteiger charge is 2.43. The van der Waals surface area contributed by atoms with E-state index < -0.39 is 15.6 Å². The lowest BCUT2D eigenvalue weighted by Gasteiger charge is -2.45. The van der Waals surface area contributed by atoms with Crippen LogP contribution >= 0.6 is 11.6 Å². The van der Waals surface area contributed by atoms with Crippen LogP contribution in [0.25, 0.3) is 0 Å². The van der Waals surface area contributed by atoms with Crippen LogP contribution in [-0.2, 0) is 26.3 Å². The van der Waals surface area contributed by atoms with Gasteiger partial charge >= 0.3 is 0 Å². The van der Waals surface area contributed by atoms with Crippen LogP contribution in [0.3, 0.4) is 0 Å². The van der Waals surface area contributed by atoms with E-state index in [2.05, 4.69) is 27.6 Å². The zero-order chi connectivity index (χ0) is 28.8. The molecule has 0 radical (unpaired) electrons. The number of rotatable bonds is 0. The molecule has 6 rings (SSSR count). The first-order valence-electron chi connectivity index (χ1n) is 14.5. The molecule has 0 aromatic heterocycles. The minimum absolute atomic E-state index is 0.0275. The van der Waals surface area contributed by atoms with Gasteiger partial charge in [0.05, 0.1) is 27.8 Å². The van der Waals surface area contributed by atoms with Crippen molar-refractivity contribution in [3.05, 3.63) is 70.3 Å². The smallest absolute Gasteiger partial charge is 0.262 e. The Hall–Kier alpha value is -2.97. The predicted molar refractivity (Wildman–Crippen MR) is 165 cm³/mol. The fraction of sp³-hybridized carbons (Fsp3) is 0.469. The topological polar surface area (TPSA) is 79.0 Å². The van der Waals surface area contributed by atoms with Gasteiger partial charge in [0.15, 0.2) is 0 Å². The highest BCUT2D eigenvalue weighted by molar-refractivity contribution is 7.99. The lowest BCUT2D eigenvalue weighted by atomic mass is 9.69. The third-order valence-corrected chi connectivity index (χ3v) is 10.9. The Labute approximate surface area is 248 Å². The summed E-state index contributed by atoms with van der Waals surface area (Å²) in [4.78, 5) is 30.0. The zero-order valence-electron chi connectivity index (χ0n) is 23.6. The summed E-state index contributed by atoms with van der Waals surface area (Å²) in [6, 6.07) is 11.7. The largest absolute Gasteiger partial charge is 0.490 e. The second kappa shape index (κ2) is 11.0. The number of benzene rings is 2. The molecule has 7 nitrogen and oxygen atoms in total. The number of nitrogens with one attached hydrogen (secondary N) is 1. The first-order chi connectivity index (χ1) is 19.6. The average Bonchev–Trinajstić information content (AvgIpc) is 3.06. The monoisotopic (exact) mass is 595 g/mol. The zero-order valence-corrected chi connectivity index (χ0v) is 25.1. The molecule has 41 heavy (non-hydrogen) atoms. The first-order valence-corrected chi connectivity index (χ1v) is 16.8. The molecule has 218 valence electrons. The molecule has 4 atom stereocenters. The Morgan fingerprint density at radius 1 is 1.15 bits per heavy atom. The van der Waals surface area contributed by atoms with E-state index in [-0.39, 0.29) is 17.1 Å². The summed E-state index contributed by atoms with van der Waals surface area (Å²) in [7, 11) is -2.90. The van der Waals surface area contributed by atoms with Crippen LogP contribution < -0.4 is 14.4 Å². The minimum atomic E-state index is -2.90. The van der Waals surface area contributed by atoms with Crippen molar-refractivity contribution < 1.29 is 18.5 Å². The summed E-state index contributed by atoms with van der Waals surface area (Å²) >= 11 is 6.40. The Morgan fingerprint density at radius 2 is 1.95 bits per heavy atom. The maximum Gasteiger partial charge on any atom is 0.262 e. The fourth-order valence-electron chi connectivity index (χ4n) is 6.97. The molecule has 1 saturated carbocycles. The number of nitrogens with zero attached hydrogens (tertiary/aromatic N) is 2. The van der Waals surface area contributed by atoms with Gasteiger partial charge in [-0.3, -0.25) is 14.3 Å². The van der Waals surface area contributed by atoms with Crippen LogP contribution in [0.15, 0.2) is 48.6 Å². The van der Waals surface area contributed by atoms with E-state index in [0.29, 0.717) is 37.1 Å². The number of hydrogen-bond acceptors (Lipinski definition) is 5. The molecule has 2 aromatic rings. The van der Waals surface area contributed by atoms with Gasteiger partial charge in [-0.15, -0.1) is 0 Å². The molecule has 2 bridgehead atoms. The van der Waals surface area contributed by atoms with Crippen molar-refractivity contribution in [1.29, 1.82) is 0 Å². The average molecular weight is 596 g/mol. The summed E-state index contributed by atoms with van der Waals surface area (Å²) in [5, 5.41) is 0.753. The van der Waals surface area contributed by atoms with Gasteiger partial charge in [-0.2, -0.15) is 0 Å². The van der Waals surface area contributed by atoms with Crippen LogP contribution in [0.2, 0.25) is 5.02 Å². The normalized spacial score (nSPS) is 30.6. The van der Waals surface area contributed by atoms with Gasteiger partial charge in [0.25, 0.3) is 5.91 Å². The van der Waals surface area contributed by atoms with Gasteiger partial charge in [-0.25, -0.2) is 4.21 Å². The van der Waals surface area contributed by atoms with Gasteiger partial charge in [0, 0.05) is 49.1 Å². The van der Waals surface area contributed by atoms with Crippen molar-refractivity contribution in [1.82, 2.24) is 9.62 Å². The van der Waals surface area contributed by atoms with Gasteiger partial charge in [-0.05, 0) is 91.3 Å². The van der Waals surface area contributed by atoms with Crippen molar-refractivity contribution in [2.75, 3.05) is 43.4 Å². The highest BCUT2D eigenvalue weighted by atomic mass is 35.5. The summed E-state index contributed by atoms with van der Waals surface area (Å²) in [6.45, 7) is 4.86. The molecule has 1 N–H and O–H groups in total. The van der Waals surface area contributed by atoms with Crippen molar-refractivity contribution in [3.63, 3.8) is 0 Å². The van der Waals surface area contributed by atoms with Crippen LogP contribution in [0, 0.1) is 11.8 Å². The molecule has 1 unspecified atom stereocenters. The van der Waals surface area contributed by atoms with E-state index in [1.54, 1.807) is 19.1 Å². The van der Waals surface area contributed by atoms with E-state index in [1.807, 2.05) is 29.2 Å². The maximum atomic E-state index is 13.3. The molecular weight excluding hydrogens is 558 g/mol. The Balaban J connectivity index is 1.41. The number of aryl methyl sites for hydroxylation is 1. The van der Waals surface area contributed by atoms with Crippen molar-refractivity contribution in [3.8, 4) is 5.75 Å². The summed E-state index contributed by atoms with van der Waals surface area (Å²) < 4.78 is 22.3. The molecule has 1 spiro atoms.